The summed E-state index contributed by atoms with van der Waals surface area (Å²) in [5.41, 5.74) is 0.366. The zero-order valence-corrected chi connectivity index (χ0v) is 10.2. The third-order valence-corrected chi connectivity index (χ3v) is 1.82. The van der Waals surface area contributed by atoms with Gasteiger partial charge in [-0.25, -0.2) is 9.18 Å². The number of halogens is 1. The molecule has 0 saturated heterocycles. The van der Waals surface area contributed by atoms with Crippen LogP contribution >= 0.6 is 0 Å². The molecule has 0 aliphatic heterocycles. The van der Waals surface area contributed by atoms with Crippen molar-refractivity contribution in [3.63, 3.8) is 0 Å². The summed E-state index contributed by atoms with van der Waals surface area (Å²) in [4.78, 5) is 11.3. The Morgan fingerprint density at radius 1 is 1.41 bits per heavy atom. The van der Waals surface area contributed by atoms with Crippen LogP contribution in [0.2, 0.25) is 0 Å². The van der Waals surface area contributed by atoms with Crippen molar-refractivity contribution < 1.29 is 13.9 Å². The van der Waals surface area contributed by atoms with Gasteiger partial charge in [0, 0.05) is 6.54 Å². The number of benzene rings is 1. The number of nitrogens with one attached hydrogen (secondary N) is 1. The first kappa shape index (κ1) is 13.5. The number of rotatable bonds is 2. The number of hydrogen-bond donors (Lipinski definition) is 1. The standard InChI is InChI=1S/C12H15BFNO2/c1-12(2,3)17-11(16)15-7-8-4-9(13)6-10(14)5-8/h4-6H,7H2,1-3H3,(H,15,16). The van der Waals surface area contributed by atoms with Crippen molar-refractivity contribution in [3.8, 4) is 0 Å². The summed E-state index contributed by atoms with van der Waals surface area (Å²) >= 11 is 0. The maximum atomic E-state index is 13.0. The lowest BCUT2D eigenvalue weighted by Gasteiger charge is -2.19. The van der Waals surface area contributed by atoms with Gasteiger partial charge >= 0.3 is 6.09 Å². The molecule has 2 radical (unpaired) electrons. The Kier molecular flexibility index (Phi) is 4.15. The minimum Gasteiger partial charge on any atom is -0.444 e. The van der Waals surface area contributed by atoms with Crippen LogP contribution in [0.4, 0.5) is 9.18 Å². The quantitative estimate of drug-likeness (QED) is 0.791. The first-order chi connectivity index (χ1) is 7.76. The number of carbonyl (C=O) groups is 1. The second kappa shape index (κ2) is 5.21. The highest BCUT2D eigenvalue weighted by Crippen LogP contribution is 2.07. The van der Waals surface area contributed by atoms with E-state index >= 15 is 0 Å². The molecule has 0 aromatic heterocycles. The topological polar surface area (TPSA) is 38.3 Å². The Morgan fingerprint density at radius 3 is 2.59 bits per heavy atom. The second-order valence-electron chi connectivity index (χ2n) is 4.75. The maximum absolute atomic E-state index is 13.0. The molecule has 0 aliphatic carbocycles. The molecule has 0 bridgehead atoms. The van der Waals surface area contributed by atoms with E-state index in [1.54, 1.807) is 26.8 Å². The van der Waals surface area contributed by atoms with Crippen LogP contribution in [0.1, 0.15) is 26.3 Å². The van der Waals surface area contributed by atoms with E-state index in [1.165, 1.54) is 12.1 Å². The average molecular weight is 235 g/mol. The van der Waals surface area contributed by atoms with Gasteiger partial charge in [-0.2, -0.15) is 0 Å². The largest absolute Gasteiger partial charge is 0.444 e. The van der Waals surface area contributed by atoms with Gasteiger partial charge in [0.25, 0.3) is 0 Å². The normalized spacial score (nSPS) is 11.1. The number of carbonyl (C=O) groups excluding carboxylic acids is 1. The highest BCUT2D eigenvalue weighted by molar-refractivity contribution is 6.32. The van der Waals surface area contributed by atoms with E-state index in [2.05, 4.69) is 5.32 Å². The number of amides is 1. The van der Waals surface area contributed by atoms with Crippen molar-refractivity contribution in [2.45, 2.75) is 32.9 Å². The Labute approximate surface area is 102 Å². The molecule has 0 saturated carbocycles. The van der Waals surface area contributed by atoms with Crippen molar-refractivity contribution in [2.24, 2.45) is 0 Å². The summed E-state index contributed by atoms with van der Waals surface area (Å²) in [6.45, 7) is 5.49. The average Bonchev–Trinajstić information content (AvgIpc) is 2.10. The van der Waals surface area contributed by atoms with Crippen LogP contribution in [0.3, 0.4) is 0 Å². The molecule has 1 aromatic carbocycles. The van der Waals surface area contributed by atoms with Gasteiger partial charge in [-0.15, -0.1) is 0 Å². The molecule has 1 rings (SSSR count). The van der Waals surface area contributed by atoms with Crippen LogP contribution in [0.5, 0.6) is 0 Å². The number of ether oxygens (including phenoxy) is 1. The molecule has 0 spiro atoms. The third kappa shape index (κ3) is 5.38. The second-order valence-corrected chi connectivity index (χ2v) is 4.75. The molecule has 0 fully saturated rings. The minimum atomic E-state index is -0.551. The Balaban J connectivity index is 2.53. The van der Waals surface area contributed by atoms with Crippen molar-refractivity contribution in [2.75, 3.05) is 0 Å². The van der Waals surface area contributed by atoms with Crippen molar-refractivity contribution in [1.82, 2.24) is 5.32 Å². The van der Waals surface area contributed by atoms with Crippen LogP contribution in [-0.2, 0) is 11.3 Å². The van der Waals surface area contributed by atoms with Gasteiger partial charge in [-0.1, -0.05) is 11.5 Å². The van der Waals surface area contributed by atoms with Crippen LogP contribution in [0.25, 0.3) is 0 Å². The van der Waals surface area contributed by atoms with Crippen molar-refractivity contribution >= 4 is 19.4 Å². The molecule has 0 aliphatic rings. The van der Waals surface area contributed by atoms with E-state index < -0.39 is 17.5 Å². The monoisotopic (exact) mass is 235 g/mol. The van der Waals surface area contributed by atoms with Gasteiger partial charge in [-0.05, 0) is 38.5 Å². The molecule has 1 N–H and O–H groups in total. The SMILES string of the molecule is [B]c1cc(F)cc(CNC(=O)OC(C)(C)C)c1. The molecule has 90 valence electrons. The molecular weight excluding hydrogens is 220 g/mol. The summed E-state index contributed by atoms with van der Waals surface area (Å²) < 4.78 is 18.0. The van der Waals surface area contributed by atoms with E-state index in [0.29, 0.717) is 11.0 Å². The molecule has 0 atom stereocenters. The summed E-state index contributed by atoms with van der Waals surface area (Å²) in [7, 11) is 5.48. The summed E-state index contributed by atoms with van der Waals surface area (Å²) in [6, 6.07) is 4.13. The predicted octanol–water partition coefficient (Wildman–Crippen LogP) is 1.64. The van der Waals surface area contributed by atoms with E-state index in [4.69, 9.17) is 12.6 Å². The van der Waals surface area contributed by atoms with Gasteiger partial charge in [-0.3, -0.25) is 0 Å². The van der Waals surface area contributed by atoms with Gasteiger partial charge in [0.2, 0.25) is 0 Å². The lowest BCUT2D eigenvalue weighted by molar-refractivity contribution is 0.0523. The van der Waals surface area contributed by atoms with Crippen LogP contribution in [0, 0.1) is 5.82 Å². The van der Waals surface area contributed by atoms with Gasteiger partial charge in [0.1, 0.15) is 19.3 Å². The van der Waals surface area contributed by atoms with Gasteiger partial charge in [0.15, 0.2) is 0 Å². The molecule has 5 heteroatoms. The van der Waals surface area contributed by atoms with Gasteiger partial charge in [0.05, 0.1) is 0 Å². The Morgan fingerprint density at radius 2 is 2.06 bits per heavy atom. The first-order valence-corrected chi connectivity index (χ1v) is 5.28. The van der Waals surface area contributed by atoms with Crippen molar-refractivity contribution in [3.05, 3.63) is 29.6 Å². The van der Waals surface area contributed by atoms with E-state index in [-0.39, 0.29) is 6.54 Å². The van der Waals surface area contributed by atoms with Crippen LogP contribution in [0.15, 0.2) is 18.2 Å². The summed E-state index contributed by atoms with van der Waals surface area (Å²) in [6.07, 6.45) is -0.541. The molecule has 1 aromatic rings. The van der Waals surface area contributed by atoms with Crippen LogP contribution < -0.4 is 10.8 Å². The number of hydrogen-bond acceptors (Lipinski definition) is 2. The molecule has 1 amide bonds. The smallest absolute Gasteiger partial charge is 0.407 e. The highest BCUT2D eigenvalue weighted by Gasteiger charge is 2.15. The van der Waals surface area contributed by atoms with E-state index in [9.17, 15) is 9.18 Å². The summed E-state index contributed by atoms with van der Waals surface area (Å²) in [5.74, 6) is -0.425. The number of alkyl carbamates (subject to hydrolysis) is 1. The maximum Gasteiger partial charge on any atom is 0.407 e. The summed E-state index contributed by atoms with van der Waals surface area (Å²) in [5, 5.41) is 2.53. The minimum absolute atomic E-state index is 0.177. The van der Waals surface area contributed by atoms with Crippen molar-refractivity contribution in [1.29, 1.82) is 0 Å². The molecule has 17 heavy (non-hydrogen) atoms. The van der Waals surface area contributed by atoms with E-state index in [1.807, 2.05) is 0 Å². The fraction of sp³-hybridized carbons (Fsp3) is 0.417. The van der Waals surface area contributed by atoms with Crippen LogP contribution in [-0.4, -0.2) is 19.5 Å². The first-order valence-electron chi connectivity index (χ1n) is 5.28. The molecule has 3 nitrogen and oxygen atoms in total. The Hall–Kier alpha value is -1.52. The fourth-order valence-corrected chi connectivity index (χ4v) is 1.27. The third-order valence-electron chi connectivity index (χ3n) is 1.82. The molecule has 0 unspecified atom stereocenters. The molecule has 0 heterocycles. The van der Waals surface area contributed by atoms with Gasteiger partial charge < -0.3 is 10.1 Å². The predicted molar refractivity (Wildman–Crippen MR) is 64.9 cm³/mol. The van der Waals surface area contributed by atoms with E-state index in [0.717, 1.165) is 0 Å². The zero-order chi connectivity index (χ0) is 13.1. The highest BCUT2D eigenvalue weighted by atomic mass is 19.1. The fourth-order valence-electron chi connectivity index (χ4n) is 1.27. The lowest BCUT2D eigenvalue weighted by atomic mass is 9.94. The Bertz CT molecular complexity index is 395. The lowest BCUT2D eigenvalue weighted by Crippen LogP contribution is -2.32. The zero-order valence-electron chi connectivity index (χ0n) is 10.2. The molecular formula is C12H15BFNO2.